The van der Waals surface area contributed by atoms with Gasteiger partial charge in [0, 0.05) is 6.07 Å². The van der Waals surface area contributed by atoms with Crippen LogP contribution in [0.15, 0.2) is 42.6 Å². The van der Waals surface area contributed by atoms with Gasteiger partial charge in [-0.15, -0.1) is 0 Å². The van der Waals surface area contributed by atoms with Gasteiger partial charge in [0.05, 0.1) is 23.1 Å². The number of aryl methyl sites for hydroxylation is 1. The van der Waals surface area contributed by atoms with Crippen LogP contribution in [-0.4, -0.2) is 15.2 Å². The van der Waals surface area contributed by atoms with Crippen molar-refractivity contribution in [2.75, 3.05) is 5.73 Å². The number of nitrogens with zero attached hydrogens (tertiary/aromatic N) is 2. The molecule has 0 atom stereocenters. The molecule has 0 spiro atoms. The molecule has 2 heterocycles. The van der Waals surface area contributed by atoms with Crippen LogP contribution in [0.4, 0.5) is 10.1 Å². The molecule has 21 heavy (non-hydrogen) atoms. The van der Waals surface area contributed by atoms with E-state index in [4.69, 9.17) is 10.5 Å². The van der Waals surface area contributed by atoms with Gasteiger partial charge in [0.2, 0.25) is 11.8 Å². The van der Waals surface area contributed by atoms with Gasteiger partial charge in [-0.05, 0) is 25.1 Å². The minimum atomic E-state index is -0.671. The Morgan fingerprint density at radius 1 is 1.14 bits per heavy atom. The van der Waals surface area contributed by atoms with Gasteiger partial charge in [-0.25, -0.2) is 0 Å². The number of aromatic amines is 1. The van der Waals surface area contributed by atoms with Gasteiger partial charge < -0.3 is 10.5 Å². The van der Waals surface area contributed by atoms with Crippen LogP contribution in [0.2, 0.25) is 0 Å². The van der Waals surface area contributed by atoms with Gasteiger partial charge in [0.25, 0.3) is 0 Å². The average Bonchev–Trinajstić information content (AvgIpc) is 2.88. The van der Waals surface area contributed by atoms with E-state index in [0.29, 0.717) is 17.1 Å². The molecule has 0 fully saturated rings. The molecule has 106 valence electrons. The zero-order chi connectivity index (χ0) is 14.8. The Morgan fingerprint density at radius 3 is 2.52 bits per heavy atom. The van der Waals surface area contributed by atoms with Gasteiger partial charge in [0.1, 0.15) is 5.75 Å². The van der Waals surface area contributed by atoms with E-state index in [1.807, 2.05) is 19.1 Å². The van der Waals surface area contributed by atoms with Gasteiger partial charge in [0.15, 0.2) is 0 Å². The average molecular weight is 284 g/mol. The van der Waals surface area contributed by atoms with Gasteiger partial charge >= 0.3 is 0 Å². The van der Waals surface area contributed by atoms with Crippen LogP contribution in [0.25, 0.3) is 11.3 Å². The van der Waals surface area contributed by atoms with Crippen LogP contribution < -0.4 is 10.5 Å². The monoisotopic (exact) mass is 284 g/mol. The fourth-order valence-electron chi connectivity index (χ4n) is 1.90. The van der Waals surface area contributed by atoms with Crippen molar-refractivity contribution in [3.8, 4) is 22.9 Å². The zero-order valence-electron chi connectivity index (χ0n) is 11.3. The molecule has 0 saturated heterocycles. The number of ether oxygens (including phenoxy) is 1. The van der Waals surface area contributed by atoms with Gasteiger partial charge in [-0.2, -0.15) is 14.5 Å². The van der Waals surface area contributed by atoms with Crippen molar-refractivity contribution in [2.24, 2.45) is 0 Å². The molecule has 0 saturated carbocycles. The summed E-state index contributed by atoms with van der Waals surface area (Å²) in [5.41, 5.74) is 7.83. The Labute approximate surface area is 120 Å². The van der Waals surface area contributed by atoms with E-state index in [1.54, 1.807) is 24.3 Å². The Morgan fingerprint density at radius 2 is 1.90 bits per heavy atom. The maximum Gasteiger partial charge on any atom is 0.225 e. The van der Waals surface area contributed by atoms with Crippen molar-refractivity contribution in [3.05, 3.63) is 54.1 Å². The first kappa shape index (κ1) is 13.1. The summed E-state index contributed by atoms with van der Waals surface area (Å²) in [5.74, 6) is 0.107. The van der Waals surface area contributed by atoms with E-state index in [1.165, 1.54) is 6.20 Å². The highest BCUT2D eigenvalue weighted by Gasteiger charge is 2.13. The van der Waals surface area contributed by atoms with Gasteiger partial charge in [-0.1, -0.05) is 17.7 Å². The lowest BCUT2D eigenvalue weighted by Gasteiger charge is -2.07. The van der Waals surface area contributed by atoms with Crippen LogP contribution in [0.5, 0.6) is 11.6 Å². The molecular weight excluding hydrogens is 271 g/mol. The minimum Gasteiger partial charge on any atom is -0.439 e. The molecule has 0 bridgehead atoms. The summed E-state index contributed by atoms with van der Waals surface area (Å²) in [7, 11) is 0. The number of aromatic nitrogens is 3. The number of pyridine rings is 1. The number of nitrogen functional groups attached to an aromatic ring is 1. The van der Waals surface area contributed by atoms with Crippen LogP contribution in [-0.2, 0) is 0 Å². The maximum atomic E-state index is 14.1. The normalized spacial score (nSPS) is 10.6. The van der Waals surface area contributed by atoms with Crippen molar-refractivity contribution in [3.63, 3.8) is 0 Å². The third kappa shape index (κ3) is 2.69. The summed E-state index contributed by atoms with van der Waals surface area (Å²) in [6.07, 6.45) is 1.42. The molecule has 1 aromatic carbocycles. The Kier molecular flexibility index (Phi) is 3.27. The largest absolute Gasteiger partial charge is 0.439 e. The first-order valence-electron chi connectivity index (χ1n) is 6.34. The van der Waals surface area contributed by atoms with E-state index in [-0.39, 0.29) is 11.4 Å². The first-order chi connectivity index (χ1) is 10.1. The number of halogens is 1. The second-order valence-corrected chi connectivity index (χ2v) is 4.60. The fourth-order valence-corrected chi connectivity index (χ4v) is 1.90. The molecule has 0 radical (unpaired) electrons. The predicted molar refractivity (Wildman–Crippen MR) is 77.4 cm³/mol. The molecule has 5 nitrogen and oxygen atoms in total. The van der Waals surface area contributed by atoms with Crippen molar-refractivity contribution in [2.45, 2.75) is 6.92 Å². The van der Waals surface area contributed by atoms with Crippen molar-refractivity contribution in [1.82, 2.24) is 15.2 Å². The number of H-pyrrole nitrogens is 1. The van der Waals surface area contributed by atoms with Gasteiger partial charge in [-0.3, -0.25) is 5.10 Å². The molecule has 0 unspecified atom stereocenters. The second kappa shape index (κ2) is 5.24. The lowest BCUT2D eigenvalue weighted by molar-refractivity contribution is 0.446. The zero-order valence-corrected chi connectivity index (χ0v) is 11.3. The highest BCUT2D eigenvalue weighted by Crippen LogP contribution is 2.28. The molecule has 0 amide bonds. The first-order valence-corrected chi connectivity index (χ1v) is 6.34. The van der Waals surface area contributed by atoms with Crippen molar-refractivity contribution < 1.29 is 9.13 Å². The second-order valence-electron chi connectivity index (χ2n) is 4.60. The molecule has 0 aliphatic carbocycles. The number of hydrogen-bond acceptors (Lipinski definition) is 4. The number of benzene rings is 1. The molecule has 6 heteroatoms. The summed E-state index contributed by atoms with van der Waals surface area (Å²) < 4.78 is 19.6. The molecule has 3 rings (SSSR count). The standard InChI is InChI=1S/C15H13FN4O/c1-9-2-4-10(5-3-9)21-13-7-6-11(15(16)19-13)14-12(17)8-18-20-14/h2-8H,17H2,1H3,(H,18,20). The van der Waals surface area contributed by atoms with E-state index in [9.17, 15) is 4.39 Å². The summed E-state index contributed by atoms with van der Waals surface area (Å²) in [6.45, 7) is 1.98. The van der Waals surface area contributed by atoms with E-state index >= 15 is 0 Å². The summed E-state index contributed by atoms with van der Waals surface area (Å²) >= 11 is 0. The lowest BCUT2D eigenvalue weighted by atomic mass is 10.2. The number of rotatable bonds is 3. The number of hydrogen-bond donors (Lipinski definition) is 2. The van der Waals surface area contributed by atoms with Crippen LogP contribution in [0, 0.1) is 12.9 Å². The molecule has 3 N–H and O–H groups in total. The maximum absolute atomic E-state index is 14.1. The number of nitrogens with two attached hydrogens (primary N) is 1. The number of anilines is 1. The molecular formula is C15H13FN4O. The van der Waals surface area contributed by atoms with Crippen molar-refractivity contribution >= 4 is 5.69 Å². The van der Waals surface area contributed by atoms with E-state index < -0.39 is 5.95 Å². The molecule has 3 aromatic rings. The Hall–Kier alpha value is -2.89. The summed E-state index contributed by atoms with van der Waals surface area (Å²) in [4.78, 5) is 3.80. The quantitative estimate of drug-likeness (QED) is 0.723. The van der Waals surface area contributed by atoms with Crippen LogP contribution in [0.1, 0.15) is 5.56 Å². The molecule has 0 aliphatic rings. The number of nitrogens with one attached hydrogen (secondary N) is 1. The topological polar surface area (TPSA) is 76.8 Å². The molecule has 2 aromatic heterocycles. The van der Waals surface area contributed by atoms with Crippen LogP contribution >= 0.6 is 0 Å². The SMILES string of the molecule is Cc1ccc(Oc2ccc(-c3[nH]ncc3N)c(F)n2)cc1. The lowest BCUT2D eigenvalue weighted by Crippen LogP contribution is -1.95. The van der Waals surface area contributed by atoms with Crippen LogP contribution in [0.3, 0.4) is 0 Å². The van der Waals surface area contributed by atoms with E-state index in [2.05, 4.69) is 15.2 Å². The Balaban J connectivity index is 1.88. The predicted octanol–water partition coefficient (Wildman–Crippen LogP) is 3.29. The molecule has 0 aliphatic heterocycles. The third-order valence-electron chi connectivity index (χ3n) is 3.00. The summed E-state index contributed by atoms with van der Waals surface area (Å²) in [6, 6.07) is 10.6. The highest BCUT2D eigenvalue weighted by molar-refractivity contribution is 5.71. The van der Waals surface area contributed by atoms with Crippen molar-refractivity contribution in [1.29, 1.82) is 0 Å². The fraction of sp³-hybridized carbons (Fsp3) is 0.0667. The summed E-state index contributed by atoms with van der Waals surface area (Å²) in [5, 5.41) is 6.40. The third-order valence-corrected chi connectivity index (χ3v) is 3.00. The Bertz CT molecular complexity index is 768. The minimum absolute atomic E-state index is 0.179. The highest BCUT2D eigenvalue weighted by atomic mass is 19.1. The smallest absolute Gasteiger partial charge is 0.225 e. The van der Waals surface area contributed by atoms with E-state index in [0.717, 1.165) is 5.56 Å².